The number of nitriles is 1. The first-order valence-corrected chi connectivity index (χ1v) is 22.2. The Kier molecular flexibility index (Phi) is 12.0. The van der Waals surface area contributed by atoms with Crippen molar-refractivity contribution in [2.45, 2.75) is 116 Å². The van der Waals surface area contributed by atoms with Crippen molar-refractivity contribution in [2.75, 3.05) is 44.8 Å². The molecule has 0 aromatic heterocycles. The molecule has 1 atom stereocenters. The fourth-order valence-electron chi connectivity index (χ4n) is 10.9. The topological polar surface area (TPSA) is 172 Å². The number of ether oxygens (including phenoxy) is 4. The standard InChI is InChI=1S/C49H60N6O8/c1-29-22-35(23-30(2)38(29)27-50)63-46-47(3,4)45(48(46,5)6)53-42(57)31-8-10-32(11-9-31)54-18-16-49(17-19-54)28-55(20-21-61-49)33-24-36(25-33)62-34-12-13-37(40(26-34)60-7)43(58)51-39-14-15-41(56)52-44(39)59/h8-13,22-23,26,33,36,39,45-46H,14-21,24-25,28H2,1-7H3,(H,51,58)(H,53,57)(H,52,56,59)/t33-,36-,39?,45-,46-. The molecule has 0 radical (unpaired) electrons. The van der Waals surface area contributed by atoms with Crippen molar-refractivity contribution < 1.29 is 38.1 Å². The molecule has 1 unspecified atom stereocenters. The Labute approximate surface area is 369 Å². The van der Waals surface area contributed by atoms with E-state index in [4.69, 9.17) is 18.9 Å². The van der Waals surface area contributed by atoms with E-state index in [9.17, 15) is 24.4 Å². The second-order valence-electron chi connectivity index (χ2n) is 19.3. The minimum Gasteiger partial charge on any atom is -0.496 e. The van der Waals surface area contributed by atoms with Gasteiger partial charge in [-0.05, 0) is 92.8 Å². The van der Waals surface area contributed by atoms with Crippen LogP contribution in [-0.4, -0.2) is 104 Å². The number of carbonyl (C=O) groups is 4. The van der Waals surface area contributed by atoms with Gasteiger partial charge in [-0.2, -0.15) is 5.26 Å². The van der Waals surface area contributed by atoms with Crippen LogP contribution in [0.1, 0.15) is 104 Å². The van der Waals surface area contributed by atoms with E-state index in [2.05, 4.69) is 59.5 Å². The van der Waals surface area contributed by atoms with Gasteiger partial charge >= 0.3 is 0 Å². The zero-order valence-corrected chi connectivity index (χ0v) is 37.5. The van der Waals surface area contributed by atoms with Gasteiger partial charge in [-0.15, -0.1) is 0 Å². The molecule has 3 saturated heterocycles. The van der Waals surface area contributed by atoms with Gasteiger partial charge in [-0.1, -0.05) is 27.7 Å². The Balaban J connectivity index is 0.795. The molecule has 14 heteroatoms. The van der Waals surface area contributed by atoms with Crippen molar-refractivity contribution in [3.63, 3.8) is 0 Å². The van der Waals surface area contributed by atoms with Crippen LogP contribution in [0, 0.1) is 36.0 Å². The Bertz CT molecular complexity index is 2270. The number of nitrogens with zero attached hydrogens (tertiary/aromatic N) is 3. The van der Waals surface area contributed by atoms with Crippen LogP contribution >= 0.6 is 0 Å². The smallest absolute Gasteiger partial charge is 0.255 e. The molecule has 334 valence electrons. The van der Waals surface area contributed by atoms with Crippen LogP contribution in [0.15, 0.2) is 54.6 Å². The number of carbonyl (C=O) groups excluding carboxylic acids is 4. The third-order valence-corrected chi connectivity index (χ3v) is 14.3. The monoisotopic (exact) mass is 860 g/mol. The normalized spacial score (nSPS) is 26.0. The number of amides is 4. The molecule has 4 amide bonds. The molecular weight excluding hydrogens is 801 g/mol. The Morgan fingerprint density at radius 1 is 0.873 bits per heavy atom. The maximum Gasteiger partial charge on any atom is 0.255 e. The number of imide groups is 1. The summed E-state index contributed by atoms with van der Waals surface area (Å²) >= 11 is 0. The van der Waals surface area contributed by atoms with Crippen molar-refractivity contribution in [3.05, 3.63) is 82.4 Å². The first-order chi connectivity index (χ1) is 30.0. The highest BCUT2D eigenvalue weighted by Crippen LogP contribution is 2.55. The average molecular weight is 861 g/mol. The molecule has 3 aromatic rings. The molecule has 1 spiro atoms. The van der Waals surface area contributed by atoms with E-state index in [1.807, 2.05) is 50.2 Å². The number of anilines is 1. The summed E-state index contributed by atoms with van der Waals surface area (Å²) in [5, 5.41) is 17.8. The molecule has 2 aliphatic carbocycles. The van der Waals surface area contributed by atoms with E-state index in [1.54, 1.807) is 18.2 Å². The lowest BCUT2D eigenvalue weighted by molar-refractivity contribution is -0.164. The van der Waals surface area contributed by atoms with Crippen LogP contribution in [0.2, 0.25) is 0 Å². The van der Waals surface area contributed by atoms with Gasteiger partial charge in [0, 0.05) is 85.7 Å². The van der Waals surface area contributed by atoms with Gasteiger partial charge < -0.3 is 34.5 Å². The van der Waals surface area contributed by atoms with Crippen molar-refractivity contribution in [1.29, 1.82) is 5.26 Å². The van der Waals surface area contributed by atoms with Gasteiger partial charge in [-0.25, -0.2) is 0 Å². The first-order valence-electron chi connectivity index (χ1n) is 22.2. The summed E-state index contributed by atoms with van der Waals surface area (Å²) in [4.78, 5) is 55.2. The second-order valence-corrected chi connectivity index (χ2v) is 19.3. The average Bonchev–Trinajstić information content (AvgIpc) is 3.24. The van der Waals surface area contributed by atoms with Crippen molar-refractivity contribution in [3.8, 4) is 23.3 Å². The number of rotatable bonds is 11. The van der Waals surface area contributed by atoms with Crippen LogP contribution in [-0.2, 0) is 14.3 Å². The van der Waals surface area contributed by atoms with Gasteiger partial charge in [0.15, 0.2) is 0 Å². The highest BCUT2D eigenvalue weighted by Gasteiger charge is 2.64. The molecule has 2 saturated carbocycles. The van der Waals surface area contributed by atoms with Crippen molar-refractivity contribution >= 4 is 29.3 Å². The summed E-state index contributed by atoms with van der Waals surface area (Å²) in [6.45, 7) is 16.6. The predicted octanol–water partition coefficient (Wildman–Crippen LogP) is 5.61. The Morgan fingerprint density at radius 2 is 1.56 bits per heavy atom. The van der Waals surface area contributed by atoms with Crippen LogP contribution in [0.3, 0.4) is 0 Å². The number of morpholine rings is 1. The molecule has 5 aliphatic rings. The highest BCUT2D eigenvalue weighted by molar-refractivity contribution is 6.04. The van der Waals surface area contributed by atoms with E-state index in [-0.39, 0.29) is 64.9 Å². The summed E-state index contributed by atoms with van der Waals surface area (Å²) in [5.41, 5.74) is 3.64. The second kappa shape index (κ2) is 17.1. The summed E-state index contributed by atoms with van der Waals surface area (Å²) in [5.74, 6) is 0.312. The highest BCUT2D eigenvalue weighted by atomic mass is 16.5. The number of methoxy groups -OCH3 is 1. The summed E-state index contributed by atoms with van der Waals surface area (Å²) < 4.78 is 24.9. The number of piperidine rings is 2. The van der Waals surface area contributed by atoms with Crippen LogP contribution in [0.25, 0.3) is 0 Å². The Hall–Kier alpha value is -5.65. The largest absolute Gasteiger partial charge is 0.496 e. The molecule has 3 N–H and O–H groups in total. The quantitative estimate of drug-likeness (QED) is 0.205. The van der Waals surface area contributed by atoms with Crippen LogP contribution in [0.5, 0.6) is 17.2 Å². The summed E-state index contributed by atoms with van der Waals surface area (Å²) in [7, 11) is 1.49. The third kappa shape index (κ3) is 8.70. The summed E-state index contributed by atoms with van der Waals surface area (Å²) in [6, 6.07) is 18.7. The molecule has 14 nitrogen and oxygen atoms in total. The van der Waals surface area contributed by atoms with E-state index in [1.165, 1.54) is 7.11 Å². The van der Waals surface area contributed by atoms with Gasteiger partial charge in [-0.3, -0.25) is 29.4 Å². The maximum absolute atomic E-state index is 13.6. The molecule has 5 fully saturated rings. The molecule has 8 rings (SSSR count). The number of aryl methyl sites for hydroxylation is 2. The van der Waals surface area contributed by atoms with Gasteiger partial charge in [0.1, 0.15) is 35.5 Å². The fraction of sp³-hybridized carbons (Fsp3) is 0.531. The predicted molar refractivity (Wildman–Crippen MR) is 236 cm³/mol. The lowest BCUT2D eigenvalue weighted by atomic mass is 9.49. The van der Waals surface area contributed by atoms with E-state index in [0.29, 0.717) is 35.3 Å². The molecular formula is C49H60N6O8. The molecule has 0 bridgehead atoms. The minimum absolute atomic E-state index is 0.0417. The van der Waals surface area contributed by atoms with Gasteiger partial charge in [0.2, 0.25) is 11.8 Å². The lowest BCUT2D eigenvalue weighted by Crippen LogP contribution is -2.74. The number of benzene rings is 3. The van der Waals surface area contributed by atoms with E-state index < -0.39 is 17.9 Å². The zero-order chi connectivity index (χ0) is 44.8. The fourth-order valence-corrected chi connectivity index (χ4v) is 10.9. The van der Waals surface area contributed by atoms with Gasteiger partial charge in [0.25, 0.3) is 11.8 Å². The number of hydrogen-bond donors (Lipinski definition) is 3. The minimum atomic E-state index is -0.776. The number of nitrogens with one attached hydrogen (secondary N) is 3. The maximum atomic E-state index is 13.6. The van der Waals surface area contributed by atoms with Crippen LogP contribution in [0.4, 0.5) is 5.69 Å². The molecule has 3 aliphatic heterocycles. The zero-order valence-electron chi connectivity index (χ0n) is 37.5. The molecule has 3 heterocycles. The SMILES string of the molecule is COc1cc(O[C@H]2C[C@H](N3CCOC4(CCN(c5ccc(C(=O)N[C@H]6C(C)(C)[C@H](Oc7cc(C)c(C#N)c(C)c7)C6(C)C)cc5)CC4)C3)C2)ccc1C(=O)NC1CCC(=O)NC1=O. The van der Waals surface area contributed by atoms with Crippen molar-refractivity contribution in [1.82, 2.24) is 20.9 Å². The number of hydrogen-bond acceptors (Lipinski definition) is 11. The van der Waals surface area contributed by atoms with E-state index in [0.717, 1.165) is 74.4 Å². The molecule has 63 heavy (non-hydrogen) atoms. The molecule has 3 aromatic carbocycles. The third-order valence-electron chi connectivity index (χ3n) is 14.3. The van der Waals surface area contributed by atoms with Gasteiger partial charge in [0.05, 0.1) is 36.5 Å². The Morgan fingerprint density at radius 3 is 2.19 bits per heavy atom. The van der Waals surface area contributed by atoms with Crippen LogP contribution < -0.4 is 35.1 Å². The van der Waals surface area contributed by atoms with E-state index >= 15 is 0 Å². The lowest BCUT2D eigenvalue weighted by Gasteiger charge is -2.63. The first kappa shape index (κ1) is 44.0. The summed E-state index contributed by atoms with van der Waals surface area (Å²) in [6.07, 6.45) is 3.95. The van der Waals surface area contributed by atoms with Crippen molar-refractivity contribution in [2.24, 2.45) is 10.8 Å².